The fourth-order valence-electron chi connectivity index (χ4n) is 2.54. The van der Waals surface area contributed by atoms with Crippen LogP contribution in [0.4, 0.5) is 5.69 Å². The average Bonchev–Trinajstić information content (AvgIpc) is 2.95. The van der Waals surface area contributed by atoms with Crippen LogP contribution in [-0.2, 0) is 11.3 Å². The van der Waals surface area contributed by atoms with E-state index < -0.39 is 0 Å². The van der Waals surface area contributed by atoms with Gasteiger partial charge in [-0.25, -0.2) is 0 Å². The lowest BCUT2D eigenvalue weighted by Crippen LogP contribution is -2.24. The van der Waals surface area contributed by atoms with Gasteiger partial charge in [0.05, 0.1) is 25.0 Å². The number of benzene rings is 1. The molecule has 0 bridgehead atoms. The van der Waals surface area contributed by atoms with Crippen LogP contribution in [-0.4, -0.2) is 29.5 Å². The molecule has 1 aromatic heterocycles. The fraction of sp³-hybridized carbons (Fsp3) is 0.438. The molecule has 1 atom stereocenters. The Labute approximate surface area is 119 Å². The number of hydrogen-bond acceptors (Lipinski definition) is 3. The van der Waals surface area contributed by atoms with Gasteiger partial charge in [0, 0.05) is 19.3 Å². The number of hydrogen-bond donors (Lipinski definition) is 1. The Kier molecular flexibility index (Phi) is 4.33. The standard InChI is InChI=1S/C16H21N3O/c1-2-5-14(6-3-1)11-19-12-16(10-18-19)17-9-15-7-4-8-20-13-15/h1-3,5-6,10,12,15,17H,4,7-9,11,13H2. The number of nitrogens with one attached hydrogen (secondary N) is 1. The third-order valence-corrected chi connectivity index (χ3v) is 3.67. The van der Waals surface area contributed by atoms with E-state index in [1.54, 1.807) is 0 Å². The zero-order valence-corrected chi connectivity index (χ0v) is 11.7. The van der Waals surface area contributed by atoms with Gasteiger partial charge in [-0.3, -0.25) is 4.68 Å². The van der Waals surface area contributed by atoms with Crippen molar-refractivity contribution in [1.82, 2.24) is 9.78 Å². The molecule has 106 valence electrons. The number of rotatable bonds is 5. The molecular formula is C16H21N3O. The Morgan fingerprint density at radius 2 is 2.20 bits per heavy atom. The summed E-state index contributed by atoms with van der Waals surface area (Å²) < 4.78 is 7.46. The van der Waals surface area contributed by atoms with E-state index in [1.165, 1.54) is 18.4 Å². The van der Waals surface area contributed by atoms with Crippen molar-refractivity contribution in [1.29, 1.82) is 0 Å². The van der Waals surface area contributed by atoms with Gasteiger partial charge in [-0.2, -0.15) is 5.10 Å². The summed E-state index contributed by atoms with van der Waals surface area (Å²) in [6, 6.07) is 10.4. The van der Waals surface area contributed by atoms with Crippen molar-refractivity contribution in [2.45, 2.75) is 19.4 Å². The van der Waals surface area contributed by atoms with E-state index in [2.05, 4.69) is 40.9 Å². The molecule has 1 aliphatic rings. The maximum atomic E-state index is 5.49. The van der Waals surface area contributed by atoms with E-state index in [9.17, 15) is 0 Å². The van der Waals surface area contributed by atoms with Crippen LogP contribution in [0.25, 0.3) is 0 Å². The van der Waals surface area contributed by atoms with E-state index in [0.717, 1.165) is 32.0 Å². The maximum absolute atomic E-state index is 5.49. The lowest BCUT2D eigenvalue weighted by atomic mass is 10.0. The summed E-state index contributed by atoms with van der Waals surface area (Å²) in [7, 11) is 0. The molecule has 0 amide bonds. The molecule has 1 N–H and O–H groups in total. The second-order valence-electron chi connectivity index (χ2n) is 5.38. The minimum Gasteiger partial charge on any atom is -0.382 e. The van der Waals surface area contributed by atoms with Gasteiger partial charge in [0.2, 0.25) is 0 Å². The highest BCUT2D eigenvalue weighted by Gasteiger charge is 2.13. The number of nitrogens with zero attached hydrogens (tertiary/aromatic N) is 2. The molecule has 0 aliphatic carbocycles. The summed E-state index contributed by atoms with van der Waals surface area (Å²) in [6.45, 7) is 3.59. The Morgan fingerprint density at radius 1 is 1.30 bits per heavy atom. The minimum atomic E-state index is 0.626. The molecule has 1 saturated heterocycles. The van der Waals surface area contributed by atoms with Crippen molar-refractivity contribution in [2.75, 3.05) is 25.1 Å². The van der Waals surface area contributed by atoms with Crippen molar-refractivity contribution in [3.63, 3.8) is 0 Å². The Bertz CT molecular complexity index is 518. The molecule has 2 heterocycles. The summed E-state index contributed by atoms with van der Waals surface area (Å²) >= 11 is 0. The smallest absolute Gasteiger partial charge is 0.0726 e. The van der Waals surface area contributed by atoms with Crippen LogP contribution in [0.2, 0.25) is 0 Å². The van der Waals surface area contributed by atoms with Gasteiger partial charge in [0.1, 0.15) is 0 Å². The summed E-state index contributed by atoms with van der Waals surface area (Å²) in [5.74, 6) is 0.626. The van der Waals surface area contributed by atoms with Crippen LogP contribution in [0.5, 0.6) is 0 Å². The molecule has 1 aliphatic heterocycles. The normalized spacial score (nSPS) is 18.9. The van der Waals surface area contributed by atoms with Gasteiger partial charge >= 0.3 is 0 Å². The van der Waals surface area contributed by atoms with Crippen molar-refractivity contribution in [3.05, 3.63) is 48.3 Å². The summed E-state index contributed by atoms with van der Waals surface area (Å²) in [5, 5.41) is 7.86. The molecular weight excluding hydrogens is 250 g/mol. The number of aromatic nitrogens is 2. The average molecular weight is 271 g/mol. The van der Waals surface area contributed by atoms with Gasteiger partial charge in [0.25, 0.3) is 0 Å². The number of anilines is 1. The highest BCUT2D eigenvalue weighted by atomic mass is 16.5. The van der Waals surface area contributed by atoms with Crippen LogP contribution in [0.3, 0.4) is 0 Å². The lowest BCUT2D eigenvalue weighted by Gasteiger charge is -2.22. The first-order valence-electron chi connectivity index (χ1n) is 7.28. The number of ether oxygens (including phenoxy) is 1. The molecule has 1 aromatic carbocycles. The van der Waals surface area contributed by atoms with E-state index >= 15 is 0 Å². The summed E-state index contributed by atoms with van der Waals surface area (Å²) in [5.41, 5.74) is 2.36. The molecule has 4 heteroatoms. The van der Waals surface area contributed by atoms with Crippen LogP contribution in [0, 0.1) is 5.92 Å². The molecule has 0 spiro atoms. The molecule has 2 aromatic rings. The molecule has 4 nitrogen and oxygen atoms in total. The van der Waals surface area contributed by atoms with Crippen LogP contribution in [0.1, 0.15) is 18.4 Å². The lowest BCUT2D eigenvalue weighted by molar-refractivity contribution is 0.0595. The van der Waals surface area contributed by atoms with Crippen molar-refractivity contribution >= 4 is 5.69 Å². The SMILES string of the molecule is c1ccc(Cn2cc(NCC3CCCOC3)cn2)cc1. The van der Waals surface area contributed by atoms with Crippen LogP contribution >= 0.6 is 0 Å². The fourth-order valence-corrected chi connectivity index (χ4v) is 2.54. The van der Waals surface area contributed by atoms with Crippen molar-refractivity contribution in [3.8, 4) is 0 Å². The summed E-state index contributed by atoms with van der Waals surface area (Å²) in [6.07, 6.45) is 6.40. The second kappa shape index (κ2) is 6.57. The third-order valence-electron chi connectivity index (χ3n) is 3.67. The van der Waals surface area contributed by atoms with E-state index in [0.29, 0.717) is 5.92 Å². The van der Waals surface area contributed by atoms with E-state index in [1.807, 2.05) is 16.9 Å². The molecule has 20 heavy (non-hydrogen) atoms. The highest BCUT2D eigenvalue weighted by Crippen LogP contribution is 2.15. The Balaban J connectivity index is 1.51. The van der Waals surface area contributed by atoms with Crippen molar-refractivity contribution in [2.24, 2.45) is 5.92 Å². The maximum Gasteiger partial charge on any atom is 0.0726 e. The first-order chi connectivity index (χ1) is 9.90. The van der Waals surface area contributed by atoms with Gasteiger partial charge in [-0.05, 0) is 24.3 Å². The first kappa shape index (κ1) is 13.2. The summed E-state index contributed by atoms with van der Waals surface area (Å²) in [4.78, 5) is 0. The monoisotopic (exact) mass is 271 g/mol. The largest absolute Gasteiger partial charge is 0.382 e. The minimum absolute atomic E-state index is 0.626. The zero-order chi connectivity index (χ0) is 13.6. The second-order valence-corrected chi connectivity index (χ2v) is 5.38. The van der Waals surface area contributed by atoms with Crippen molar-refractivity contribution < 1.29 is 4.74 Å². The molecule has 1 fully saturated rings. The Hall–Kier alpha value is -1.81. The third kappa shape index (κ3) is 3.61. The first-order valence-corrected chi connectivity index (χ1v) is 7.28. The highest BCUT2D eigenvalue weighted by molar-refractivity contribution is 5.38. The predicted octanol–water partition coefficient (Wildman–Crippen LogP) is 2.77. The van der Waals surface area contributed by atoms with Gasteiger partial charge in [-0.1, -0.05) is 30.3 Å². The van der Waals surface area contributed by atoms with Crippen LogP contribution in [0.15, 0.2) is 42.7 Å². The quantitative estimate of drug-likeness (QED) is 0.909. The molecule has 0 saturated carbocycles. The van der Waals surface area contributed by atoms with E-state index in [-0.39, 0.29) is 0 Å². The molecule has 3 rings (SSSR count). The topological polar surface area (TPSA) is 39.1 Å². The van der Waals surface area contributed by atoms with Gasteiger partial charge in [0.15, 0.2) is 0 Å². The molecule has 1 unspecified atom stereocenters. The van der Waals surface area contributed by atoms with E-state index in [4.69, 9.17) is 4.74 Å². The van der Waals surface area contributed by atoms with Gasteiger partial charge in [-0.15, -0.1) is 0 Å². The molecule has 0 radical (unpaired) electrons. The zero-order valence-electron chi connectivity index (χ0n) is 11.7. The predicted molar refractivity (Wildman–Crippen MR) is 79.8 cm³/mol. The van der Waals surface area contributed by atoms with Crippen LogP contribution < -0.4 is 5.32 Å². The Morgan fingerprint density at radius 3 is 3.00 bits per heavy atom. The van der Waals surface area contributed by atoms with Gasteiger partial charge < -0.3 is 10.1 Å².